The molecule has 112 valence electrons. The molecule has 0 aliphatic carbocycles. The highest BCUT2D eigenvalue weighted by Crippen LogP contribution is 2.30. The quantitative estimate of drug-likeness (QED) is 0.857. The van der Waals surface area contributed by atoms with E-state index in [0.29, 0.717) is 0 Å². The third-order valence-corrected chi connectivity index (χ3v) is 4.25. The van der Waals surface area contributed by atoms with Gasteiger partial charge in [0.2, 0.25) is 5.91 Å². The molecule has 5 nitrogen and oxygen atoms in total. The maximum absolute atomic E-state index is 11.7. The van der Waals surface area contributed by atoms with E-state index in [9.17, 15) is 4.79 Å². The topological polar surface area (TPSA) is 71.5 Å². The number of amides is 1. The Hall–Kier alpha value is -1.33. The van der Waals surface area contributed by atoms with Gasteiger partial charge in [-0.05, 0) is 44.5 Å². The SMILES string of the molecule is CCC(N)C(c1ccco1)N1CCC(C(=O)NC)CC1. The highest BCUT2D eigenvalue weighted by molar-refractivity contribution is 5.78. The number of nitrogens with two attached hydrogens (primary N) is 1. The van der Waals surface area contributed by atoms with E-state index in [-0.39, 0.29) is 23.9 Å². The third kappa shape index (κ3) is 3.22. The normalized spacial score (nSPS) is 20.6. The fourth-order valence-electron chi connectivity index (χ4n) is 2.99. The highest BCUT2D eigenvalue weighted by Gasteiger charge is 2.32. The van der Waals surface area contributed by atoms with E-state index >= 15 is 0 Å². The third-order valence-electron chi connectivity index (χ3n) is 4.25. The van der Waals surface area contributed by atoms with Crippen LogP contribution in [0.25, 0.3) is 0 Å². The molecule has 0 spiro atoms. The van der Waals surface area contributed by atoms with Crippen LogP contribution in [0, 0.1) is 5.92 Å². The largest absolute Gasteiger partial charge is 0.468 e. The smallest absolute Gasteiger partial charge is 0.222 e. The number of hydrogen-bond donors (Lipinski definition) is 2. The average molecular weight is 279 g/mol. The minimum absolute atomic E-state index is 0.0534. The van der Waals surface area contributed by atoms with Crippen molar-refractivity contribution in [1.82, 2.24) is 10.2 Å². The van der Waals surface area contributed by atoms with Crippen LogP contribution in [0.5, 0.6) is 0 Å². The Morgan fingerprint density at radius 2 is 2.25 bits per heavy atom. The van der Waals surface area contributed by atoms with Gasteiger partial charge in [-0.3, -0.25) is 9.69 Å². The van der Waals surface area contributed by atoms with Crippen molar-refractivity contribution in [3.8, 4) is 0 Å². The van der Waals surface area contributed by atoms with Gasteiger partial charge >= 0.3 is 0 Å². The molecule has 2 rings (SSSR count). The zero-order chi connectivity index (χ0) is 14.5. The second-order valence-electron chi connectivity index (χ2n) is 5.46. The number of nitrogens with one attached hydrogen (secondary N) is 1. The first-order chi connectivity index (χ1) is 9.67. The number of hydrogen-bond acceptors (Lipinski definition) is 4. The summed E-state index contributed by atoms with van der Waals surface area (Å²) < 4.78 is 5.57. The van der Waals surface area contributed by atoms with Gasteiger partial charge in [0.05, 0.1) is 12.3 Å². The Bertz CT molecular complexity index is 411. The van der Waals surface area contributed by atoms with Gasteiger partial charge < -0.3 is 15.5 Å². The lowest BCUT2D eigenvalue weighted by Crippen LogP contribution is -2.46. The molecule has 5 heteroatoms. The lowest BCUT2D eigenvalue weighted by atomic mass is 9.92. The number of piperidine rings is 1. The Labute approximate surface area is 120 Å². The monoisotopic (exact) mass is 279 g/mol. The van der Waals surface area contributed by atoms with Crippen LogP contribution in [0.3, 0.4) is 0 Å². The van der Waals surface area contributed by atoms with Crippen LogP contribution in [-0.2, 0) is 4.79 Å². The van der Waals surface area contributed by atoms with Gasteiger partial charge in [-0.25, -0.2) is 0 Å². The summed E-state index contributed by atoms with van der Waals surface area (Å²) in [5.41, 5.74) is 6.28. The van der Waals surface area contributed by atoms with Crippen molar-refractivity contribution in [2.45, 2.75) is 38.3 Å². The number of rotatable bonds is 5. The van der Waals surface area contributed by atoms with Crippen molar-refractivity contribution < 1.29 is 9.21 Å². The van der Waals surface area contributed by atoms with Gasteiger partial charge in [-0.15, -0.1) is 0 Å². The molecule has 0 radical (unpaired) electrons. The first kappa shape index (κ1) is 15.1. The molecule has 1 saturated heterocycles. The van der Waals surface area contributed by atoms with Gasteiger partial charge in [0.15, 0.2) is 0 Å². The molecule has 1 aliphatic rings. The number of furan rings is 1. The molecule has 1 fully saturated rings. The van der Waals surface area contributed by atoms with Crippen molar-refractivity contribution in [3.63, 3.8) is 0 Å². The molecule has 0 saturated carbocycles. The predicted octanol–water partition coefficient (Wildman–Crippen LogP) is 1.52. The average Bonchev–Trinajstić information content (AvgIpc) is 3.01. The molecule has 1 aliphatic heterocycles. The van der Waals surface area contributed by atoms with E-state index < -0.39 is 0 Å². The van der Waals surface area contributed by atoms with Crippen molar-refractivity contribution in [1.29, 1.82) is 0 Å². The van der Waals surface area contributed by atoms with Crippen LogP contribution in [-0.4, -0.2) is 37.0 Å². The number of nitrogens with zero attached hydrogens (tertiary/aromatic N) is 1. The van der Waals surface area contributed by atoms with Gasteiger partial charge in [0.1, 0.15) is 5.76 Å². The van der Waals surface area contributed by atoms with E-state index in [1.165, 1.54) is 0 Å². The fraction of sp³-hybridized carbons (Fsp3) is 0.667. The molecule has 2 heterocycles. The Morgan fingerprint density at radius 3 is 2.75 bits per heavy atom. The molecule has 1 aromatic heterocycles. The molecular formula is C15H25N3O2. The summed E-state index contributed by atoms with van der Waals surface area (Å²) in [4.78, 5) is 14.0. The van der Waals surface area contributed by atoms with Gasteiger partial charge in [-0.1, -0.05) is 6.92 Å². The number of likely N-dealkylation sites (tertiary alicyclic amines) is 1. The molecule has 20 heavy (non-hydrogen) atoms. The number of carbonyl (C=O) groups excluding carboxylic acids is 1. The molecule has 1 aromatic rings. The second kappa shape index (κ2) is 6.90. The van der Waals surface area contributed by atoms with E-state index in [1.807, 2.05) is 12.1 Å². The van der Waals surface area contributed by atoms with Crippen LogP contribution in [0.1, 0.15) is 38.0 Å². The first-order valence-corrected chi connectivity index (χ1v) is 7.42. The predicted molar refractivity (Wildman–Crippen MR) is 78.1 cm³/mol. The van der Waals surface area contributed by atoms with Crippen molar-refractivity contribution in [2.75, 3.05) is 20.1 Å². The van der Waals surface area contributed by atoms with Crippen LogP contribution in [0.15, 0.2) is 22.8 Å². The molecule has 2 atom stereocenters. The maximum atomic E-state index is 11.7. The van der Waals surface area contributed by atoms with Crippen LogP contribution in [0.4, 0.5) is 0 Å². The van der Waals surface area contributed by atoms with Crippen LogP contribution >= 0.6 is 0 Å². The summed E-state index contributed by atoms with van der Waals surface area (Å²) in [7, 11) is 1.70. The standard InChI is InChI=1S/C15H25N3O2/c1-3-12(16)14(13-5-4-10-20-13)18-8-6-11(7-9-18)15(19)17-2/h4-5,10-12,14H,3,6-9,16H2,1-2H3,(H,17,19). The van der Waals surface area contributed by atoms with E-state index in [4.69, 9.17) is 10.2 Å². The first-order valence-electron chi connectivity index (χ1n) is 7.42. The van der Waals surface area contributed by atoms with Crippen molar-refractivity contribution in [2.24, 2.45) is 11.7 Å². The Balaban J connectivity index is 2.03. The maximum Gasteiger partial charge on any atom is 0.222 e. The van der Waals surface area contributed by atoms with E-state index in [1.54, 1.807) is 13.3 Å². The van der Waals surface area contributed by atoms with Crippen molar-refractivity contribution >= 4 is 5.91 Å². The van der Waals surface area contributed by atoms with E-state index in [0.717, 1.165) is 38.1 Å². The molecule has 1 amide bonds. The Morgan fingerprint density at radius 1 is 1.55 bits per heavy atom. The second-order valence-corrected chi connectivity index (χ2v) is 5.46. The van der Waals surface area contributed by atoms with Crippen LogP contribution in [0.2, 0.25) is 0 Å². The van der Waals surface area contributed by atoms with Crippen molar-refractivity contribution in [3.05, 3.63) is 24.2 Å². The zero-order valence-corrected chi connectivity index (χ0v) is 12.3. The molecule has 2 unspecified atom stereocenters. The summed E-state index contributed by atoms with van der Waals surface area (Å²) >= 11 is 0. The van der Waals surface area contributed by atoms with Crippen LogP contribution < -0.4 is 11.1 Å². The Kier molecular flexibility index (Phi) is 5.20. The molecule has 0 aromatic carbocycles. The summed E-state index contributed by atoms with van der Waals surface area (Å²) in [6, 6.07) is 4.06. The zero-order valence-electron chi connectivity index (χ0n) is 12.3. The van der Waals surface area contributed by atoms with Gasteiger partial charge in [0, 0.05) is 19.0 Å². The van der Waals surface area contributed by atoms with E-state index in [2.05, 4.69) is 17.1 Å². The minimum atomic E-state index is 0.0534. The summed E-state index contributed by atoms with van der Waals surface area (Å²) in [5, 5.41) is 2.74. The van der Waals surface area contributed by atoms with Gasteiger partial charge in [0.25, 0.3) is 0 Å². The summed E-state index contributed by atoms with van der Waals surface area (Å²) in [6.07, 6.45) is 4.36. The molecule has 0 bridgehead atoms. The highest BCUT2D eigenvalue weighted by atomic mass is 16.3. The fourth-order valence-corrected chi connectivity index (χ4v) is 2.99. The number of carbonyl (C=O) groups is 1. The molecule has 3 N–H and O–H groups in total. The summed E-state index contributed by atoms with van der Waals surface area (Å²) in [5.74, 6) is 1.21. The lowest BCUT2D eigenvalue weighted by Gasteiger charge is -2.38. The van der Waals surface area contributed by atoms with Gasteiger partial charge in [-0.2, -0.15) is 0 Å². The lowest BCUT2D eigenvalue weighted by molar-refractivity contribution is -0.126. The minimum Gasteiger partial charge on any atom is -0.468 e. The summed E-state index contributed by atoms with van der Waals surface area (Å²) in [6.45, 7) is 3.87. The molecular weight excluding hydrogens is 254 g/mol.